The number of aliphatic hydroxyl groups is 1. The van der Waals surface area contributed by atoms with Crippen LogP contribution in [0.4, 0.5) is 4.79 Å². The Bertz CT molecular complexity index is 1160. The van der Waals surface area contributed by atoms with Crippen LogP contribution in [0.5, 0.6) is 0 Å². The second kappa shape index (κ2) is 11.1. The van der Waals surface area contributed by atoms with E-state index in [4.69, 9.17) is 11.6 Å². The van der Waals surface area contributed by atoms with Crippen molar-refractivity contribution in [2.24, 2.45) is 23.7 Å². The van der Waals surface area contributed by atoms with Crippen LogP contribution in [0.1, 0.15) is 56.1 Å². The smallest absolute Gasteiger partial charge is 0.317 e. The van der Waals surface area contributed by atoms with E-state index in [1.807, 2.05) is 52.3 Å². The van der Waals surface area contributed by atoms with Gasteiger partial charge in [0, 0.05) is 37.2 Å². The number of piperidine rings is 1. The molecule has 4 aliphatic carbocycles. The Morgan fingerprint density at radius 2 is 1.72 bits per heavy atom. The fourth-order valence-electron chi connectivity index (χ4n) is 8.11. The maximum Gasteiger partial charge on any atom is 0.317 e. The van der Waals surface area contributed by atoms with Crippen LogP contribution >= 0.6 is 11.6 Å². The number of hydrogen-bond acceptors (Lipinski definition) is 3. The Balaban J connectivity index is 1.09. The summed E-state index contributed by atoms with van der Waals surface area (Å²) in [5, 5.41) is 15.0. The number of amides is 3. The van der Waals surface area contributed by atoms with Crippen LogP contribution < -0.4 is 5.32 Å². The van der Waals surface area contributed by atoms with Crippen molar-refractivity contribution >= 4 is 23.5 Å². The van der Waals surface area contributed by atoms with Gasteiger partial charge < -0.3 is 20.2 Å². The Hall–Kier alpha value is -2.57. The first-order valence-corrected chi connectivity index (χ1v) is 15.1. The number of urea groups is 1. The van der Waals surface area contributed by atoms with Gasteiger partial charge in [-0.15, -0.1) is 0 Å². The molecule has 7 heteroatoms. The lowest BCUT2D eigenvalue weighted by Gasteiger charge is -2.58. The number of halogens is 1. The molecule has 0 spiro atoms. The van der Waals surface area contributed by atoms with Crippen LogP contribution in [0.2, 0.25) is 5.02 Å². The predicted octanol–water partition coefficient (Wildman–Crippen LogP) is 5.27. The van der Waals surface area contributed by atoms with E-state index in [1.165, 1.54) is 0 Å². The summed E-state index contributed by atoms with van der Waals surface area (Å²) in [4.78, 5) is 30.9. The minimum atomic E-state index is -0.491. The van der Waals surface area contributed by atoms with E-state index in [0.717, 1.165) is 62.6 Å². The maximum absolute atomic E-state index is 13.5. The minimum Gasteiger partial charge on any atom is -0.390 e. The van der Waals surface area contributed by atoms with E-state index in [9.17, 15) is 14.7 Å². The Kier molecular flexibility index (Phi) is 7.60. The molecule has 0 radical (unpaired) electrons. The number of nitrogens with one attached hydrogen (secondary N) is 1. The lowest BCUT2D eigenvalue weighted by molar-refractivity contribution is -0.137. The van der Waals surface area contributed by atoms with Crippen LogP contribution in [0.3, 0.4) is 0 Å². The molecular weight excluding hydrogens is 510 g/mol. The van der Waals surface area contributed by atoms with Crippen LogP contribution in [-0.2, 0) is 17.8 Å². The molecule has 7 rings (SSSR count). The summed E-state index contributed by atoms with van der Waals surface area (Å²) in [6.07, 6.45) is 7.17. The second-order valence-electron chi connectivity index (χ2n) is 12.7. The normalized spacial score (nSPS) is 31.2. The van der Waals surface area contributed by atoms with Gasteiger partial charge in [0.05, 0.1) is 12.0 Å². The number of hydrogen-bond donors (Lipinski definition) is 2. The maximum atomic E-state index is 13.5. The average molecular weight is 550 g/mol. The van der Waals surface area contributed by atoms with Crippen molar-refractivity contribution < 1.29 is 14.7 Å². The van der Waals surface area contributed by atoms with E-state index in [2.05, 4.69) is 17.4 Å². The molecule has 5 fully saturated rings. The fourth-order valence-corrected chi connectivity index (χ4v) is 8.23. The molecule has 2 N–H and O–H groups in total. The number of benzene rings is 2. The molecule has 2 unspecified atom stereocenters. The van der Waals surface area contributed by atoms with Crippen LogP contribution in [0.15, 0.2) is 54.6 Å². The Morgan fingerprint density at radius 3 is 2.41 bits per heavy atom. The zero-order valence-corrected chi connectivity index (χ0v) is 23.4. The van der Waals surface area contributed by atoms with E-state index in [-0.39, 0.29) is 23.9 Å². The van der Waals surface area contributed by atoms with Crippen molar-refractivity contribution in [2.45, 2.75) is 69.6 Å². The third kappa shape index (κ3) is 6.12. The van der Waals surface area contributed by atoms with Gasteiger partial charge >= 0.3 is 6.03 Å². The SMILES string of the molecule is O=C(Cc1ccc(Cl)cc1)N(Cc1ccccc1)C[C@H]1CCCN(C(=O)NC2C3CC4CC2CC(O)(C4)C3)C1. The van der Waals surface area contributed by atoms with Crippen LogP contribution in [0.25, 0.3) is 0 Å². The first-order valence-electron chi connectivity index (χ1n) is 14.7. The molecule has 1 aliphatic heterocycles. The summed E-state index contributed by atoms with van der Waals surface area (Å²) in [5.41, 5.74) is 1.57. The number of likely N-dealkylation sites (tertiary alicyclic amines) is 1. The zero-order valence-electron chi connectivity index (χ0n) is 22.6. The van der Waals surface area contributed by atoms with Crippen molar-refractivity contribution in [3.63, 3.8) is 0 Å². The Morgan fingerprint density at radius 1 is 1.00 bits per heavy atom. The first kappa shape index (κ1) is 26.6. The number of nitrogens with zero attached hydrogens (tertiary/aromatic N) is 2. The summed E-state index contributed by atoms with van der Waals surface area (Å²) in [6.45, 7) is 2.62. The number of carbonyl (C=O) groups excluding carboxylic acids is 2. The molecular formula is C32H40ClN3O3. The molecule has 3 atom stereocenters. The molecule has 39 heavy (non-hydrogen) atoms. The molecule has 3 amide bonds. The van der Waals surface area contributed by atoms with Gasteiger partial charge in [-0.2, -0.15) is 0 Å². The molecule has 2 aromatic rings. The average Bonchev–Trinajstić information content (AvgIpc) is 2.91. The summed E-state index contributed by atoms with van der Waals surface area (Å²) < 4.78 is 0. The first-order chi connectivity index (χ1) is 18.8. The summed E-state index contributed by atoms with van der Waals surface area (Å²) in [7, 11) is 0. The highest BCUT2D eigenvalue weighted by atomic mass is 35.5. The van der Waals surface area contributed by atoms with Crippen LogP contribution in [0, 0.1) is 23.7 Å². The van der Waals surface area contributed by atoms with Crippen molar-refractivity contribution in [1.29, 1.82) is 0 Å². The number of carbonyl (C=O) groups is 2. The van der Waals surface area contributed by atoms with E-state index in [0.29, 0.717) is 48.8 Å². The van der Waals surface area contributed by atoms with Crippen molar-refractivity contribution in [2.75, 3.05) is 19.6 Å². The predicted molar refractivity (Wildman–Crippen MR) is 152 cm³/mol. The van der Waals surface area contributed by atoms with Gasteiger partial charge in [-0.3, -0.25) is 4.79 Å². The van der Waals surface area contributed by atoms with E-state index in [1.54, 1.807) is 0 Å². The zero-order chi connectivity index (χ0) is 27.0. The highest BCUT2D eigenvalue weighted by Gasteiger charge is 2.55. The van der Waals surface area contributed by atoms with Gasteiger partial charge in [0.25, 0.3) is 0 Å². The third-order valence-corrected chi connectivity index (χ3v) is 9.91. The lowest BCUT2D eigenvalue weighted by atomic mass is 9.52. The molecule has 6 nitrogen and oxygen atoms in total. The Labute approximate surface area is 236 Å². The van der Waals surface area contributed by atoms with Gasteiger partial charge in [-0.1, -0.05) is 54.1 Å². The number of rotatable bonds is 7. The van der Waals surface area contributed by atoms with Crippen LogP contribution in [-0.4, -0.2) is 58.1 Å². The van der Waals surface area contributed by atoms with E-state index < -0.39 is 5.60 Å². The molecule has 4 bridgehead atoms. The highest BCUT2D eigenvalue weighted by Crippen LogP contribution is 2.55. The van der Waals surface area contributed by atoms with Crippen molar-refractivity contribution in [3.8, 4) is 0 Å². The molecule has 4 saturated carbocycles. The monoisotopic (exact) mass is 549 g/mol. The summed E-state index contributed by atoms with van der Waals surface area (Å²) >= 11 is 6.05. The highest BCUT2D eigenvalue weighted by molar-refractivity contribution is 6.30. The molecule has 2 aromatic carbocycles. The molecule has 208 valence electrons. The molecule has 5 aliphatic rings. The van der Waals surface area contributed by atoms with Crippen molar-refractivity contribution in [3.05, 3.63) is 70.7 Å². The molecule has 1 saturated heterocycles. The van der Waals surface area contributed by atoms with Gasteiger partial charge in [0.1, 0.15) is 0 Å². The largest absolute Gasteiger partial charge is 0.390 e. The molecule has 1 heterocycles. The van der Waals surface area contributed by atoms with Crippen molar-refractivity contribution in [1.82, 2.24) is 15.1 Å². The third-order valence-electron chi connectivity index (χ3n) is 9.65. The fraction of sp³-hybridized carbons (Fsp3) is 0.562. The van der Waals surface area contributed by atoms with E-state index >= 15 is 0 Å². The van der Waals surface area contributed by atoms with Gasteiger partial charge in [0.2, 0.25) is 5.91 Å². The quantitative estimate of drug-likeness (QED) is 0.494. The lowest BCUT2D eigenvalue weighted by Crippen LogP contribution is -2.63. The second-order valence-corrected chi connectivity index (χ2v) is 13.1. The summed E-state index contributed by atoms with van der Waals surface area (Å²) in [5.74, 6) is 1.76. The standard InChI is InChI=1S/C32H40ClN3O3/c33-28-10-8-22(9-11-28)15-29(37)36(19-23-5-2-1-3-6-23)21-24-7-4-12-35(20-24)31(38)34-30-26-13-25-14-27(30)18-32(39,16-25)17-26/h1-3,5-6,8-11,24-27,30,39H,4,7,12-21H2,(H,34,38)/t24-,25?,26?,27?,30?,32?/m0/s1. The summed E-state index contributed by atoms with van der Waals surface area (Å²) in [6, 6.07) is 17.8. The van der Waals surface area contributed by atoms with Gasteiger partial charge in [-0.05, 0) is 91.9 Å². The van der Waals surface area contributed by atoms with Gasteiger partial charge in [-0.25, -0.2) is 4.79 Å². The minimum absolute atomic E-state index is 0.0336. The van der Waals surface area contributed by atoms with Gasteiger partial charge in [0.15, 0.2) is 0 Å². The topological polar surface area (TPSA) is 72.9 Å². The molecule has 0 aromatic heterocycles.